The van der Waals surface area contributed by atoms with E-state index in [0.29, 0.717) is 17.2 Å². The van der Waals surface area contributed by atoms with Gasteiger partial charge in [0.15, 0.2) is 0 Å². The summed E-state index contributed by atoms with van der Waals surface area (Å²) in [5, 5.41) is 16.0. The molecule has 0 unspecified atom stereocenters. The molecule has 8 heteroatoms. The Morgan fingerprint density at radius 2 is 1.87 bits per heavy atom. The summed E-state index contributed by atoms with van der Waals surface area (Å²) in [4.78, 5) is 23.7. The number of aromatic nitrogens is 5. The molecule has 2 N–H and O–H groups in total. The van der Waals surface area contributed by atoms with Crippen LogP contribution in [0.15, 0.2) is 61.1 Å². The Hall–Kier alpha value is -3.81. The molecule has 2 aromatic carbocycles. The van der Waals surface area contributed by atoms with Crippen molar-refractivity contribution in [3.63, 3.8) is 0 Å². The highest BCUT2D eigenvalue weighted by Gasteiger charge is 2.30. The van der Waals surface area contributed by atoms with Crippen LogP contribution in [0.2, 0.25) is 0 Å². The van der Waals surface area contributed by atoms with Gasteiger partial charge in [-0.15, -0.1) is 0 Å². The average Bonchev–Trinajstić information content (AvgIpc) is 3.46. The first kappa shape index (κ1) is 19.2. The van der Waals surface area contributed by atoms with Gasteiger partial charge in [-0.1, -0.05) is 29.8 Å². The van der Waals surface area contributed by atoms with Crippen molar-refractivity contribution in [1.29, 1.82) is 0 Å². The number of benzene rings is 2. The Balaban J connectivity index is 1.35. The standard InChI is InChI=1S/C23H23N7O/c1-15-9-10-21(30-25-11-12-26-30)17(13-15)22(31)27-19-7-4-8-20(19)29-23-24-14-16-5-2-3-6-18(16)28-23/h2-3,5-6,9-14,19-20H,4,7-8H2,1H3,(H,27,31)(H,24,28,29)/t19-,20-/m1/s1. The number of fused-ring (bicyclic) bond motifs is 1. The molecule has 1 amide bonds. The molecular weight excluding hydrogens is 390 g/mol. The van der Waals surface area contributed by atoms with Crippen LogP contribution in [0.4, 0.5) is 5.95 Å². The summed E-state index contributed by atoms with van der Waals surface area (Å²) < 4.78 is 0. The molecule has 4 aromatic rings. The number of nitrogens with one attached hydrogen (secondary N) is 2. The van der Waals surface area contributed by atoms with Crippen molar-refractivity contribution in [3.8, 4) is 5.69 Å². The minimum Gasteiger partial charge on any atom is -0.349 e. The molecule has 0 aliphatic heterocycles. The maximum Gasteiger partial charge on any atom is 0.253 e. The molecule has 2 aromatic heterocycles. The van der Waals surface area contributed by atoms with Crippen LogP contribution in [-0.4, -0.2) is 43.0 Å². The van der Waals surface area contributed by atoms with E-state index in [2.05, 4.69) is 30.8 Å². The van der Waals surface area contributed by atoms with Crippen molar-refractivity contribution in [2.75, 3.05) is 5.32 Å². The third-order valence-electron chi connectivity index (χ3n) is 5.67. The summed E-state index contributed by atoms with van der Waals surface area (Å²) in [7, 11) is 0. The molecule has 0 bridgehead atoms. The molecule has 2 atom stereocenters. The maximum atomic E-state index is 13.2. The molecule has 0 saturated heterocycles. The summed E-state index contributed by atoms with van der Waals surface area (Å²) in [6.45, 7) is 1.97. The van der Waals surface area contributed by atoms with Gasteiger partial charge >= 0.3 is 0 Å². The quantitative estimate of drug-likeness (QED) is 0.521. The molecule has 1 saturated carbocycles. The van der Waals surface area contributed by atoms with Crippen LogP contribution in [0.1, 0.15) is 35.2 Å². The van der Waals surface area contributed by atoms with E-state index < -0.39 is 0 Å². The van der Waals surface area contributed by atoms with Crippen molar-refractivity contribution < 1.29 is 4.79 Å². The van der Waals surface area contributed by atoms with Crippen LogP contribution < -0.4 is 10.6 Å². The molecule has 156 valence electrons. The Morgan fingerprint density at radius 1 is 1.06 bits per heavy atom. The van der Waals surface area contributed by atoms with E-state index in [-0.39, 0.29) is 18.0 Å². The van der Waals surface area contributed by atoms with Gasteiger partial charge < -0.3 is 10.6 Å². The number of hydrogen-bond acceptors (Lipinski definition) is 6. The van der Waals surface area contributed by atoms with Crippen molar-refractivity contribution in [3.05, 3.63) is 72.2 Å². The minimum absolute atomic E-state index is 0.0125. The molecule has 0 radical (unpaired) electrons. The lowest BCUT2D eigenvalue weighted by atomic mass is 10.1. The molecule has 1 fully saturated rings. The highest BCUT2D eigenvalue weighted by molar-refractivity contribution is 5.98. The number of para-hydroxylation sites is 1. The van der Waals surface area contributed by atoms with Gasteiger partial charge in [0.1, 0.15) is 0 Å². The Labute approximate surface area is 179 Å². The van der Waals surface area contributed by atoms with E-state index in [1.54, 1.807) is 12.4 Å². The predicted molar refractivity (Wildman–Crippen MR) is 118 cm³/mol. The lowest BCUT2D eigenvalue weighted by molar-refractivity contribution is 0.0935. The monoisotopic (exact) mass is 413 g/mol. The van der Waals surface area contributed by atoms with Crippen LogP contribution in [0.3, 0.4) is 0 Å². The van der Waals surface area contributed by atoms with Crippen LogP contribution >= 0.6 is 0 Å². The fourth-order valence-corrected chi connectivity index (χ4v) is 4.11. The van der Waals surface area contributed by atoms with E-state index in [9.17, 15) is 4.79 Å². The van der Waals surface area contributed by atoms with Gasteiger partial charge in [-0.25, -0.2) is 9.97 Å². The lowest BCUT2D eigenvalue weighted by Gasteiger charge is -2.23. The molecule has 2 heterocycles. The summed E-state index contributed by atoms with van der Waals surface area (Å²) in [5.74, 6) is 0.455. The van der Waals surface area contributed by atoms with Crippen LogP contribution in [-0.2, 0) is 0 Å². The number of carbonyl (C=O) groups is 1. The normalized spacial score (nSPS) is 18.2. The van der Waals surface area contributed by atoms with Crippen LogP contribution in [0.5, 0.6) is 0 Å². The SMILES string of the molecule is Cc1ccc(-n2nccn2)c(C(=O)N[C@@H]2CCC[C@H]2Nc2ncc3ccccc3n2)c1. The first-order chi connectivity index (χ1) is 15.2. The van der Waals surface area contributed by atoms with Gasteiger partial charge in [0.2, 0.25) is 5.95 Å². The molecule has 8 nitrogen and oxygen atoms in total. The van der Waals surface area contributed by atoms with Gasteiger partial charge in [-0.3, -0.25) is 4.79 Å². The second kappa shape index (κ2) is 8.14. The molecule has 0 spiro atoms. The van der Waals surface area contributed by atoms with E-state index in [4.69, 9.17) is 0 Å². The van der Waals surface area contributed by atoms with E-state index in [1.807, 2.05) is 55.6 Å². The van der Waals surface area contributed by atoms with Gasteiger partial charge in [0, 0.05) is 23.7 Å². The van der Waals surface area contributed by atoms with Crippen molar-refractivity contribution in [1.82, 2.24) is 30.3 Å². The minimum atomic E-state index is -0.130. The number of amides is 1. The molecule has 5 rings (SSSR count). The van der Waals surface area contributed by atoms with E-state index in [0.717, 1.165) is 35.7 Å². The number of rotatable bonds is 5. The van der Waals surface area contributed by atoms with E-state index in [1.165, 1.54) is 4.80 Å². The van der Waals surface area contributed by atoms with Gasteiger partial charge in [-0.2, -0.15) is 15.0 Å². The van der Waals surface area contributed by atoms with Crippen LogP contribution in [0, 0.1) is 6.92 Å². The Morgan fingerprint density at radius 3 is 2.74 bits per heavy atom. The second-order valence-electron chi connectivity index (χ2n) is 7.85. The predicted octanol–water partition coefficient (Wildman–Crippen LogP) is 3.28. The summed E-state index contributed by atoms with van der Waals surface area (Å²) in [6, 6.07) is 13.7. The van der Waals surface area contributed by atoms with Crippen molar-refractivity contribution in [2.45, 2.75) is 38.3 Å². The average molecular weight is 413 g/mol. The van der Waals surface area contributed by atoms with Gasteiger partial charge in [0.25, 0.3) is 5.91 Å². The molecular formula is C23H23N7O. The number of nitrogens with zero attached hydrogens (tertiary/aromatic N) is 5. The maximum absolute atomic E-state index is 13.2. The van der Waals surface area contributed by atoms with Gasteiger partial charge in [-0.05, 0) is 44.4 Å². The first-order valence-electron chi connectivity index (χ1n) is 10.4. The fourth-order valence-electron chi connectivity index (χ4n) is 4.11. The smallest absolute Gasteiger partial charge is 0.253 e. The first-order valence-corrected chi connectivity index (χ1v) is 10.4. The number of aryl methyl sites for hydroxylation is 1. The summed E-state index contributed by atoms with van der Waals surface area (Å²) >= 11 is 0. The highest BCUT2D eigenvalue weighted by atomic mass is 16.1. The molecule has 1 aliphatic rings. The van der Waals surface area contributed by atoms with E-state index >= 15 is 0 Å². The lowest BCUT2D eigenvalue weighted by Crippen LogP contribution is -2.43. The molecule has 31 heavy (non-hydrogen) atoms. The second-order valence-corrected chi connectivity index (χ2v) is 7.85. The number of carbonyl (C=O) groups excluding carboxylic acids is 1. The summed E-state index contributed by atoms with van der Waals surface area (Å²) in [6.07, 6.45) is 7.89. The number of anilines is 1. The summed E-state index contributed by atoms with van der Waals surface area (Å²) in [5.41, 5.74) is 3.12. The Bertz CT molecular complexity index is 1220. The zero-order valence-corrected chi connectivity index (χ0v) is 17.2. The topological polar surface area (TPSA) is 97.6 Å². The zero-order valence-electron chi connectivity index (χ0n) is 17.2. The Kier molecular flexibility index (Phi) is 5.03. The molecule has 1 aliphatic carbocycles. The van der Waals surface area contributed by atoms with Crippen molar-refractivity contribution >= 4 is 22.8 Å². The third kappa shape index (κ3) is 3.96. The zero-order chi connectivity index (χ0) is 21.2. The van der Waals surface area contributed by atoms with Gasteiger partial charge in [0.05, 0.1) is 29.2 Å². The van der Waals surface area contributed by atoms with Crippen molar-refractivity contribution in [2.24, 2.45) is 0 Å². The largest absolute Gasteiger partial charge is 0.349 e. The highest BCUT2D eigenvalue weighted by Crippen LogP contribution is 2.24. The van der Waals surface area contributed by atoms with Crippen LogP contribution in [0.25, 0.3) is 16.6 Å². The number of hydrogen-bond donors (Lipinski definition) is 2. The third-order valence-corrected chi connectivity index (χ3v) is 5.67. The fraction of sp³-hybridized carbons (Fsp3) is 0.261.